The second-order valence-electron chi connectivity index (χ2n) is 21.7. The molecule has 4 fully saturated rings. The van der Waals surface area contributed by atoms with Crippen LogP contribution >= 0.6 is 23.2 Å². The Morgan fingerprint density at radius 2 is 1.06 bits per heavy atom. The van der Waals surface area contributed by atoms with E-state index in [1.165, 1.54) is 79.6 Å². The van der Waals surface area contributed by atoms with Crippen LogP contribution in [-0.4, -0.2) is 120 Å². The van der Waals surface area contributed by atoms with E-state index in [4.69, 9.17) is 38.4 Å². The second-order valence-corrected chi connectivity index (χ2v) is 24.3. The molecule has 10 rings (SSSR count). The van der Waals surface area contributed by atoms with Crippen molar-refractivity contribution < 1.29 is 45.9 Å². The average Bonchev–Trinajstić information content (AvgIpc) is 4.60. The van der Waals surface area contributed by atoms with E-state index in [1.54, 1.807) is 67.3 Å². The summed E-state index contributed by atoms with van der Waals surface area (Å²) in [6.07, 6.45) is 17.4. The maximum absolute atomic E-state index is 15.3. The quantitative estimate of drug-likeness (QED) is 0.0416. The minimum Gasteiger partial charge on any atom is -0.380 e. The first-order chi connectivity index (χ1) is 40.2. The molecular weight excluding hydrogens is 1150 g/mol. The third-order valence-electron chi connectivity index (χ3n) is 15.7. The lowest BCUT2D eigenvalue weighted by molar-refractivity contribution is -0.120. The molecule has 0 spiro atoms. The lowest BCUT2D eigenvalue weighted by Gasteiger charge is -2.36. The molecule has 20 nitrogen and oxygen atoms in total. The summed E-state index contributed by atoms with van der Waals surface area (Å²) in [6.45, 7) is 0.312. The first-order valence-electron chi connectivity index (χ1n) is 27.5. The van der Waals surface area contributed by atoms with Crippen LogP contribution in [-0.2, 0) is 40.2 Å². The Balaban J connectivity index is 0.000000202. The standard InChI is InChI=1S/C30H34ClFN6O5S.C29H32ClFN6O3/c1-43-23-16-26(38(18-23)29(40)36-27-8-6-22(31)17-34-27)28(39)35-25-15-21(5-7-24(25)32)30(37-44(2,41)42,12-9-19-3-4-19)20-10-13-33-14-11-20;1-40-22-15-25(37(17-22)28(39)36-26-7-5-21(30)16-34-26)27(38)35-24-14-20(4-6-23(24)31)29(32,11-8-18-2-3-18)19-9-12-33-13-10-19/h5-8,10-11,13-15,17,19,23,26,37H,3-4,9,12,16,18H2,1-2H3,(H,35,39)(H,34,36,40);4-7,9-10,12-14,16,18,22,25H,2-3,8,11,15,17,32H2,1H3,(H,35,38)(H,34,36,39)/t23-,26-,30?;22-,25-,29?/m11/s1. The van der Waals surface area contributed by atoms with Gasteiger partial charge < -0.3 is 35.6 Å². The van der Waals surface area contributed by atoms with Crippen molar-refractivity contribution in [3.8, 4) is 0 Å². The summed E-state index contributed by atoms with van der Waals surface area (Å²) in [7, 11) is -0.741. The van der Waals surface area contributed by atoms with Crippen LogP contribution < -0.4 is 31.7 Å². The van der Waals surface area contributed by atoms with E-state index < -0.39 is 74.8 Å². The van der Waals surface area contributed by atoms with Gasteiger partial charge in [-0.05, 0) is 133 Å². The molecule has 6 atom stereocenters. The molecule has 444 valence electrons. The number of halogens is 4. The molecule has 2 saturated heterocycles. The third-order valence-corrected chi connectivity index (χ3v) is 16.9. The van der Waals surface area contributed by atoms with E-state index in [-0.39, 0.29) is 55.0 Å². The van der Waals surface area contributed by atoms with Crippen LogP contribution in [0, 0.1) is 23.5 Å². The van der Waals surface area contributed by atoms with E-state index >= 15 is 8.78 Å². The number of nitrogens with zero attached hydrogens (tertiary/aromatic N) is 6. The van der Waals surface area contributed by atoms with Gasteiger partial charge in [-0.2, -0.15) is 0 Å². The number of pyridine rings is 4. The summed E-state index contributed by atoms with van der Waals surface area (Å²) < 4.78 is 69.5. The molecule has 2 aliphatic carbocycles. The fourth-order valence-electron chi connectivity index (χ4n) is 10.7. The molecule has 84 heavy (non-hydrogen) atoms. The minimum absolute atomic E-state index is 0.00149. The number of urea groups is 2. The molecule has 7 N–H and O–H groups in total. The summed E-state index contributed by atoms with van der Waals surface area (Å²) in [5.41, 5.74) is 7.39. The molecule has 6 aromatic rings. The van der Waals surface area contributed by atoms with Gasteiger partial charge in [0.15, 0.2) is 0 Å². The Hall–Kier alpha value is -7.25. The van der Waals surface area contributed by atoms with Gasteiger partial charge in [0.05, 0.1) is 51.0 Å². The number of hydrogen-bond donors (Lipinski definition) is 6. The maximum atomic E-state index is 15.3. The van der Waals surface area contributed by atoms with Crippen molar-refractivity contribution >= 4 is 80.1 Å². The number of carbonyl (C=O) groups excluding carboxylic acids is 4. The van der Waals surface area contributed by atoms with Crippen molar-refractivity contribution in [2.45, 2.75) is 99.6 Å². The van der Waals surface area contributed by atoms with Gasteiger partial charge in [0.2, 0.25) is 21.8 Å². The molecule has 2 aromatic carbocycles. The number of sulfonamides is 1. The molecule has 6 heterocycles. The Morgan fingerprint density at radius 1 is 0.619 bits per heavy atom. The van der Waals surface area contributed by atoms with Crippen LogP contribution in [0.15, 0.2) is 122 Å². The molecule has 4 aliphatic rings. The van der Waals surface area contributed by atoms with Gasteiger partial charge >= 0.3 is 12.1 Å². The first-order valence-corrected chi connectivity index (χ1v) is 30.1. The highest BCUT2D eigenvalue weighted by molar-refractivity contribution is 7.88. The number of hydrogen-bond acceptors (Lipinski definition) is 13. The summed E-state index contributed by atoms with van der Waals surface area (Å²) in [6, 6.07) is 19.2. The fraction of sp³-hybridized carbons (Fsp3) is 0.390. The summed E-state index contributed by atoms with van der Waals surface area (Å²) in [5.74, 6) is -0.796. The van der Waals surface area contributed by atoms with E-state index in [0.717, 1.165) is 37.5 Å². The fourth-order valence-corrected chi connectivity index (χ4v) is 11.9. The van der Waals surface area contributed by atoms with Gasteiger partial charge in [-0.3, -0.25) is 30.2 Å². The highest BCUT2D eigenvalue weighted by Gasteiger charge is 2.44. The molecule has 0 bridgehead atoms. The van der Waals surface area contributed by atoms with Crippen LogP contribution in [0.3, 0.4) is 0 Å². The summed E-state index contributed by atoms with van der Waals surface area (Å²) in [4.78, 5) is 72.3. The Kier molecular flexibility index (Phi) is 19.5. The van der Waals surface area contributed by atoms with E-state index in [0.29, 0.717) is 51.4 Å². The third kappa shape index (κ3) is 15.3. The van der Waals surface area contributed by atoms with Crippen LogP contribution in [0.25, 0.3) is 0 Å². The SMILES string of the molecule is CO[C@@H]1C[C@H](C(=O)Nc2cc(C(CCC3CC3)(NS(C)(=O)=O)c3ccncc3)ccc2F)N(C(=O)Nc2ccc(Cl)cn2)C1.CO[C@@H]1C[C@H](C(=O)Nc2cc(C(N)(CCC3CC3)c3ccncc3)ccc2F)N(C(=O)Nc2ccc(Cl)cn2)C1. The van der Waals surface area contributed by atoms with Crippen molar-refractivity contribution in [2.75, 3.05) is 54.8 Å². The zero-order valence-electron chi connectivity index (χ0n) is 46.4. The predicted molar refractivity (Wildman–Crippen MR) is 315 cm³/mol. The average molecular weight is 1210 g/mol. The number of amides is 6. The van der Waals surface area contributed by atoms with Crippen LogP contribution in [0.2, 0.25) is 10.0 Å². The van der Waals surface area contributed by atoms with Crippen molar-refractivity contribution in [2.24, 2.45) is 17.6 Å². The first kappa shape index (κ1) is 61.3. The lowest BCUT2D eigenvalue weighted by atomic mass is 9.79. The molecule has 4 aromatic heterocycles. The van der Waals surface area contributed by atoms with E-state index in [1.807, 2.05) is 12.1 Å². The van der Waals surface area contributed by atoms with Crippen LogP contribution in [0.1, 0.15) is 86.5 Å². The van der Waals surface area contributed by atoms with Crippen molar-refractivity contribution in [3.05, 3.63) is 166 Å². The topological polar surface area (TPSA) is 265 Å². The van der Waals surface area contributed by atoms with Gasteiger partial charge in [0, 0.05) is 77.3 Å². The highest BCUT2D eigenvalue weighted by Crippen LogP contribution is 2.43. The zero-order valence-corrected chi connectivity index (χ0v) is 48.8. The largest absolute Gasteiger partial charge is 0.380 e. The zero-order chi connectivity index (χ0) is 59.8. The van der Waals surface area contributed by atoms with Gasteiger partial charge in [0.25, 0.3) is 0 Å². The van der Waals surface area contributed by atoms with Gasteiger partial charge in [0.1, 0.15) is 35.4 Å². The smallest absolute Gasteiger partial charge is 0.323 e. The number of carbonyl (C=O) groups is 4. The van der Waals surface area contributed by atoms with Crippen LogP contribution in [0.4, 0.5) is 41.4 Å². The summed E-state index contributed by atoms with van der Waals surface area (Å²) >= 11 is 11.8. The van der Waals surface area contributed by atoms with E-state index in [9.17, 15) is 27.6 Å². The van der Waals surface area contributed by atoms with Crippen molar-refractivity contribution in [3.63, 3.8) is 0 Å². The minimum atomic E-state index is -3.75. The van der Waals surface area contributed by atoms with Crippen molar-refractivity contribution in [1.82, 2.24) is 34.5 Å². The monoisotopic (exact) mass is 1210 g/mol. The molecule has 2 aliphatic heterocycles. The summed E-state index contributed by atoms with van der Waals surface area (Å²) in [5, 5.41) is 11.5. The number of likely N-dealkylation sites (tertiary alicyclic amines) is 2. The lowest BCUT2D eigenvalue weighted by Crippen LogP contribution is -2.47. The van der Waals surface area contributed by atoms with Gasteiger partial charge in [-0.25, -0.2) is 41.5 Å². The van der Waals surface area contributed by atoms with E-state index in [2.05, 4.69) is 45.9 Å². The number of nitrogens with one attached hydrogen (secondary N) is 5. The Morgan fingerprint density at radius 3 is 1.49 bits per heavy atom. The van der Waals surface area contributed by atoms with Gasteiger partial charge in [-0.1, -0.05) is 61.0 Å². The van der Waals surface area contributed by atoms with Crippen molar-refractivity contribution in [1.29, 1.82) is 0 Å². The van der Waals surface area contributed by atoms with Crippen LogP contribution in [0.5, 0.6) is 0 Å². The molecule has 2 unspecified atom stereocenters. The number of ether oxygens (including phenoxy) is 2. The number of anilines is 4. The number of methoxy groups -OCH3 is 2. The number of benzene rings is 2. The maximum Gasteiger partial charge on any atom is 0.323 e. The van der Waals surface area contributed by atoms with Gasteiger partial charge in [-0.15, -0.1) is 0 Å². The normalized spacial score (nSPS) is 20.0. The Bertz CT molecular complexity index is 3420. The highest BCUT2D eigenvalue weighted by atomic mass is 35.5. The predicted octanol–water partition coefficient (Wildman–Crippen LogP) is 9.43. The molecule has 2 saturated carbocycles. The second kappa shape index (κ2) is 26.8. The number of nitrogens with two attached hydrogens (primary N) is 1. The molecular formula is C59H66Cl2F2N12O8S. The number of aromatic nitrogens is 4. The number of rotatable bonds is 20. The Labute approximate surface area is 496 Å². The molecule has 6 amide bonds. The molecule has 25 heteroatoms. The molecule has 0 radical (unpaired) electrons.